The highest BCUT2D eigenvalue weighted by Crippen LogP contribution is 2.16. The molecule has 1 aromatic carbocycles. The minimum atomic E-state index is 0.464. The summed E-state index contributed by atoms with van der Waals surface area (Å²) in [7, 11) is 0. The van der Waals surface area contributed by atoms with Crippen molar-refractivity contribution in [3.05, 3.63) is 59.9 Å². The van der Waals surface area contributed by atoms with Crippen molar-refractivity contribution in [2.45, 2.75) is 26.7 Å². The van der Waals surface area contributed by atoms with Crippen LogP contribution in [0.15, 0.2) is 53.9 Å². The van der Waals surface area contributed by atoms with Crippen LogP contribution in [0.4, 0.5) is 5.69 Å². The summed E-state index contributed by atoms with van der Waals surface area (Å²) < 4.78 is 0. The Balaban J connectivity index is 1.93. The summed E-state index contributed by atoms with van der Waals surface area (Å²) in [4.78, 5) is 3.98. The van der Waals surface area contributed by atoms with Gasteiger partial charge < -0.3 is 5.32 Å². The smallest absolute Gasteiger partial charge is 0.191 e. The van der Waals surface area contributed by atoms with Gasteiger partial charge in [0.15, 0.2) is 5.11 Å². The van der Waals surface area contributed by atoms with Crippen LogP contribution >= 0.6 is 12.2 Å². The van der Waals surface area contributed by atoms with E-state index in [1.54, 1.807) is 12.4 Å². The average molecular weight is 312 g/mol. The fourth-order valence-electron chi connectivity index (χ4n) is 1.90. The number of benzene rings is 1. The maximum Gasteiger partial charge on any atom is 0.191 e. The van der Waals surface area contributed by atoms with Crippen molar-refractivity contribution >= 4 is 28.7 Å². The Morgan fingerprint density at radius 1 is 1.09 bits per heavy atom. The van der Waals surface area contributed by atoms with Crippen LogP contribution in [0, 0.1) is 0 Å². The molecule has 0 aliphatic rings. The lowest BCUT2D eigenvalue weighted by Crippen LogP contribution is -2.24. The molecule has 2 aromatic rings. The maximum absolute atomic E-state index is 5.25. The third-order valence-electron chi connectivity index (χ3n) is 3.26. The molecule has 0 unspecified atom stereocenters. The molecule has 0 bridgehead atoms. The van der Waals surface area contributed by atoms with Crippen molar-refractivity contribution in [3.63, 3.8) is 0 Å². The van der Waals surface area contributed by atoms with Crippen LogP contribution in [0.3, 0.4) is 0 Å². The standard InChI is InChI=1S/C17H20N4S/c1-12(2)14-4-6-16(7-5-14)19-17(22)21-20-13(3)15-8-10-18-11-9-15/h4-12H,1-3H3,(H2,19,21,22)/b20-13+. The van der Waals surface area contributed by atoms with Gasteiger partial charge in [-0.25, -0.2) is 0 Å². The molecule has 0 fully saturated rings. The molecule has 0 spiro atoms. The van der Waals surface area contributed by atoms with Crippen molar-refractivity contribution in [1.82, 2.24) is 10.4 Å². The second-order valence-electron chi connectivity index (χ2n) is 5.28. The highest BCUT2D eigenvalue weighted by molar-refractivity contribution is 7.80. The summed E-state index contributed by atoms with van der Waals surface area (Å²) in [6.45, 7) is 6.26. The number of pyridine rings is 1. The zero-order valence-electron chi connectivity index (χ0n) is 13.0. The van der Waals surface area contributed by atoms with Crippen molar-refractivity contribution in [1.29, 1.82) is 0 Å². The minimum Gasteiger partial charge on any atom is -0.331 e. The molecular formula is C17H20N4S. The topological polar surface area (TPSA) is 49.3 Å². The summed E-state index contributed by atoms with van der Waals surface area (Å²) in [5.74, 6) is 0.520. The van der Waals surface area contributed by atoms with Gasteiger partial charge >= 0.3 is 0 Å². The molecule has 0 aliphatic heterocycles. The molecule has 2 rings (SSSR count). The number of aromatic nitrogens is 1. The lowest BCUT2D eigenvalue weighted by atomic mass is 10.0. The second kappa shape index (κ2) is 7.66. The van der Waals surface area contributed by atoms with E-state index in [1.165, 1.54) is 5.56 Å². The van der Waals surface area contributed by atoms with Crippen LogP contribution in [-0.2, 0) is 0 Å². The second-order valence-corrected chi connectivity index (χ2v) is 5.68. The van der Waals surface area contributed by atoms with Gasteiger partial charge in [-0.3, -0.25) is 10.4 Å². The SMILES string of the molecule is C/C(=N\NC(=S)Nc1ccc(C(C)C)cc1)c1ccncc1. The Morgan fingerprint density at radius 2 is 1.73 bits per heavy atom. The van der Waals surface area contributed by atoms with Gasteiger partial charge in [0.1, 0.15) is 0 Å². The molecular weight excluding hydrogens is 292 g/mol. The molecule has 4 nitrogen and oxygen atoms in total. The van der Waals surface area contributed by atoms with E-state index in [-0.39, 0.29) is 0 Å². The van der Waals surface area contributed by atoms with Crippen LogP contribution in [0.2, 0.25) is 0 Å². The molecule has 22 heavy (non-hydrogen) atoms. The zero-order valence-corrected chi connectivity index (χ0v) is 13.8. The molecule has 0 saturated heterocycles. The molecule has 2 N–H and O–H groups in total. The molecule has 0 amide bonds. The van der Waals surface area contributed by atoms with Crippen molar-refractivity contribution < 1.29 is 0 Å². The Morgan fingerprint density at radius 3 is 2.32 bits per heavy atom. The van der Waals surface area contributed by atoms with Crippen LogP contribution in [0.25, 0.3) is 0 Å². The Bertz CT molecular complexity index is 648. The van der Waals surface area contributed by atoms with E-state index in [0.29, 0.717) is 11.0 Å². The molecule has 0 radical (unpaired) electrons. The molecule has 0 atom stereocenters. The van der Waals surface area contributed by atoms with Gasteiger partial charge in [0.25, 0.3) is 0 Å². The van der Waals surface area contributed by atoms with Gasteiger partial charge in [-0.1, -0.05) is 26.0 Å². The number of nitrogens with zero attached hydrogens (tertiary/aromatic N) is 2. The number of hydrogen-bond acceptors (Lipinski definition) is 3. The van der Waals surface area contributed by atoms with Crippen molar-refractivity contribution in [2.75, 3.05) is 5.32 Å². The summed E-state index contributed by atoms with van der Waals surface area (Å²) in [5.41, 5.74) is 6.95. The van der Waals surface area contributed by atoms with Crippen LogP contribution in [-0.4, -0.2) is 15.8 Å². The minimum absolute atomic E-state index is 0.464. The number of hydrogen-bond donors (Lipinski definition) is 2. The van der Waals surface area contributed by atoms with Gasteiger partial charge in [-0.15, -0.1) is 0 Å². The first-order valence-electron chi connectivity index (χ1n) is 7.18. The predicted molar refractivity (Wildman–Crippen MR) is 96.3 cm³/mol. The van der Waals surface area contributed by atoms with E-state index in [1.807, 2.05) is 31.2 Å². The Kier molecular flexibility index (Phi) is 5.61. The van der Waals surface area contributed by atoms with E-state index >= 15 is 0 Å². The molecule has 5 heteroatoms. The number of anilines is 1. The van der Waals surface area contributed by atoms with E-state index in [9.17, 15) is 0 Å². The lowest BCUT2D eigenvalue weighted by molar-refractivity contribution is 0.867. The lowest BCUT2D eigenvalue weighted by Gasteiger charge is -2.10. The van der Waals surface area contributed by atoms with Gasteiger partial charge in [0, 0.05) is 23.6 Å². The Labute approximate surface area is 136 Å². The maximum atomic E-state index is 5.25. The highest BCUT2D eigenvalue weighted by atomic mass is 32.1. The average Bonchev–Trinajstić information content (AvgIpc) is 2.54. The summed E-state index contributed by atoms with van der Waals surface area (Å²) >= 11 is 5.25. The summed E-state index contributed by atoms with van der Waals surface area (Å²) in [6, 6.07) is 12.0. The van der Waals surface area contributed by atoms with E-state index < -0.39 is 0 Å². The molecule has 1 aromatic heterocycles. The van der Waals surface area contributed by atoms with E-state index in [0.717, 1.165) is 17.0 Å². The molecule has 1 heterocycles. The predicted octanol–water partition coefficient (Wildman–Crippen LogP) is 3.92. The van der Waals surface area contributed by atoms with Crippen LogP contribution in [0.1, 0.15) is 37.8 Å². The molecule has 114 valence electrons. The third kappa shape index (κ3) is 4.63. The van der Waals surface area contributed by atoms with Gasteiger partial charge in [0.05, 0.1) is 5.71 Å². The number of thiocarbonyl (C=S) groups is 1. The van der Waals surface area contributed by atoms with Crippen molar-refractivity contribution in [3.8, 4) is 0 Å². The summed E-state index contributed by atoms with van der Waals surface area (Å²) in [6.07, 6.45) is 3.47. The monoisotopic (exact) mass is 312 g/mol. The van der Waals surface area contributed by atoms with Crippen LogP contribution < -0.4 is 10.7 Å². The largest absolute Gasteiger partial charge is 0.331 e. The Hall–Kier alpha value is -2.27. The number of nitrogens with one attached hydrogen (secondary N) is 2. The fraction of sp³-hybridized carbons (Fsp3) is 0.235. The van der Waals surface area contributed by atoms with Crippen LogP contribution in [0.5, 0.6) is 0 Å². The van der Waals surface area contributed by atoms with Gasteiger partial charge in [-0.2, -0.15) is 5.10 Å². The number of rotatable bonds is 4. The van der Waals surface area contributed by atoms with E-state index in [4.69, 9.17) is 12.2 Å². The quantitative estimate of drug-likeness (QED) is 0.510. The first-order chi connectivity index (χ1) is 10.6. The van der Waals surface area contributed by atoms with Gasteiger partial charge in [0.2, 0.25) is 0 Å². The first-order valence-corrected chi connectivity index (χ1v) is 7.58. The molecule has 0 aliphatic carbocycles. The highest BCUT2D eigenvalue weighted by Gasteiger charge is 2.01. The number of hydrazone groups is 1. The first kappa shape index (κ1) is 16.1. The van der Waals surface area contributed by atoms with Gasteiger partial charge in [-0.05, 0) is 54.9 Å². The molecule has 0 saturated carbocycles. The van der Waals surface area contributed by atoms with E-state index in [2.05, 4.69) is 46.8 Å². The van der Waals surface area contributed by atoms with Crippen molar-refractivity contribution in [2.24, 2.45) is 5.10 Å². The normalized spacial score (nSPS) is 11.4. The zero-order chi connectivity index (χ0) is 15.9. The third-order valence-corrected chi connectivity index (χ3v) is 3.45. The fourth-order valence-corrected chi connectivity index (χ4v) is 2.07. The summed E-state index contributed by atoms with van der Waals surface area (Å²) in [5, 5.41) is 7.85.